The first-order valence-corrected chi connectivity index (χ1v) is 24.0. The van der Waals surface area contributed by atoms with Crippen LogP contribution in [0.3, 0.4) is 0 Å². The first kappa shape index (κ1) is 42.5. The van der Waals surface area contributed by atoms with Crippen LogP contribution in [0.2, 0.25) is 0 Å². The number of aryl methyl sites for hydroxylation is 3. The molecule has 2 unspecified atom stereocenters. The molecule has 328 valence electrons. The molecule has 8 aromatic rings. The number of carbonyl (C=O) groups excluding carboxylic acids is 1. The van der Waals surface area contributed by atoms with Gasteiger partial charge in [0, 0.05) is 115 Å². The molecule has 0 spiro atoms. The highest BCUT2D eigenvalue weighted by Gasteiger charge is 2.33. The number of aromatic amines is 2. The molecule has 63 heavy (non-hydrogen) atoms. The Morgan fingerprint density at radius 2 is 1.37 bits per heavy atom. The van der Waals surface area contributed by atoms with E-state index in [1.165, 1.54) is 6.92 Å². The number of fused-ring (bicyclic) bond motifs is 4. The number of hydrogen-bond acceptors (Lipinski definition) is 7. The van der Waals surface area contributed by atoms with Crippen LogP contribution in [-0.2, 0) is 38.9 Å². The molecule has 0 saturated carbocycles. The number of para-hydroxylation sites is 2. The second-order valence-electron chi connectivity index (χ2n) is 17.1. The highest BCUT2D eigenvalue weighted by Crippen LogP contribution is 2.34. The summed E-state index contributed by atoms with van der Waals surface area (Å²) in [6.45, 7) is 4.96. The van der Waals surface area contributed by atoms with Crippen molar-refractivity contribution in [3.8, 4) is 11.4 Å². The van der Waals surface area contributed by atoms with Gasteiger partial charge in [0.05, 0.1) is 27.2 Å². The summed E-state index contributed by atoms with van der Waals surface area (Å²) in [6, 6.07) is 28.2. The number of likely N-dealkylation sites (N-methyl/N-ethyl adjacent to an activating group) is 1. The summed E-state index contributed by atoms with van der Waals surface area (Å²) >= 11 is 0. The Bertz CT molecular complexity index is 3270. The first-order valence-electron chi connectivity index (χ1n) is 21.1. The Balaban J connectivity index is 0.942. The number of nitrogens with zero attached hydrogens (tertiary/aromatic N) is 4. The number of likely N-dealkylation sites (tertiary alicyclic amines) is 1. The van der Waals surface area contributed by atoms with Crippen LogP contribution in [0.1, 0.15) is 42.1 Å². The van der Waals surface area contributed by atoms with Crippen molar-refractivity contribution in [2.75, 3.05) is 40.3 Å². The zero-order valence-corrected chi connectivity index (χ0v) is 37.9. The van der Waals surface area contributed by atoms with Crippen LogP contribution in [0.5, 0.6) is 0 Å². The van der Waals surface area contributed by atoms with E-state index >= 15 is 0 Å². The van der Waals surface area contributed by atoms with Gasteiger partial charge in [-0.3, -0.25) is 9.69 Å². The zero-order chi connectivity index (χ0) is 44.4. The summed E-state index contributed by atoms with van der Waals surface area (Å²) in [5.74, 6) is -0.0812. The summed E-state index contributed by atoms with van der Waals surface area (Å²) < 4.78 is 65.8. The third kappa shape index (κ3) is 8.18. The molecule has 1 aliphatic rings. The van der Waals surface area contributed by atoms with Crippen molar-refractivity contribution < 1.29 is 21.6 Å². The second kappa shape index (κ2) is 16.4. The molecule has 1 fully saturated rings. The SMILES string of the molecule is CC(=O)N[C@@H]1CCN(C(CNS(=O)(=O)c2ccc3cc(-c4cc5cc(C)c(S(=O)(=O)NCC(c6cn(C)c7ccccc67)N(C)C)cc5[nH]4)[nH]c3c2)c2cn(C)c3ccccc23)C1. The van der Waals surface area contributed by atoms with Gasteiger partial charge >= 0.3 is 0 Å². The molecule has 5 heterocycles. The summed E-state index contributed by atoms with van der Waals surface area (Å²) in [4.78, 5) is 23.3. The molecule has 9 rings (SSSR count). The minimum absolute atomic E-state index is 0.0116. The van der Waals surface area contributed by atoms with E-state index in [1.54, 1.807) is 31.2 Å². The molecular weight excluding hydrogens is 835 g/mol. The smallest absolute Gasteiger partial charge is 0.240 e. The molecule has 4 aromatic heterocycles. The number of aromatic nitrogens is 4. The van der Waals surface area contributed by atoms with Gasteiger partial charge < -0.3 is 29.3 Å². The third-order valence-electron chi connectivity index (χ3n) is 12.6. The Labute approximate surface area is 367 Å². The molecule has 4 aromatic carbocycles. The molecule has 1 aliphatic heterocycles. The predicted molar refractivity (Wildman–Crippen MR) is 250 cm³/mol. The topological polar surface area (TPSA) is 169 Å². The average Bonchev–Trinajstić information content (AvgIpc) is 4.08. The summed E-state index contributed by atoms with van der Waals surface area (Å²) in [7, 11) is 0.0324. The Morgan fingerprint density at radius 3 is 2.03 bits per heavy atom. The van der Waals surface area contributed by atoms with Gasteiger partial charge in [0.1, 0.15) is 0 Å². The molecule has 0 aliphatic carbocycles. The van der Waals surface area contributed by atoms with Gasteiger partial charge in [-0.15, -0.1) is 0 Å². The van der Waals surface area contributed by atoms with E-state index in [-0.39, 0.29) is 46.9 Å². The van der Waals surface area contributed by atoms with Crippen molar-refractivity contribution in [1.29, 1.82) is 0 Å². The predicted octanol–water partition coefficient (Wildman–Crippen LogP) is 6.42. The lowest BCUT2D eigenvalue weighted by molar-refractivity contribution is -0.119. The molecule has 0 bridgehead atoms. The number of sulfonamides is 2. The van der Waals surface area contributed by atoms with Crippen molar-refractivity contribution in [3.05, 3.63) is 120 Å². The van der Waals surface area contributed by atoms with E-state index in [2.05, 4.69) is 75.4 Å². The van der Waals surface area contributed by atoms with Crippen molar-refractivity contribution in [2.24, 2.45) is 14.1 Å². The Kier molecular flexibility index (Phi) is 11.1. The van der Waals surface area contributed by atoms with E-state index < -0.39 is 20.0 Å². The molecule has 1 amide bonds. The number of amides is 1. The molecular formula is C47H53N9O5S2. The van der Waals surface area contributed by atoms with E-state index in [0.29, 0.717) is 29.7 Å². The van der Waals surface area contributed by atoms with Crippen LogP contribution in [0.15, 0.2) is 113 Å². The monoisotopic (exact) mass is 887 g/mol. The van der Waals surface area contributed by atoms with Crippen LogP contribution >= 0.6 is 0 Å². The van der Waals surface area contributed by atoms with Gasteiger partial charge in [-0.05, 0) is 92.7 Å². The van der Waals surface area contributed by atoms with Gasteiger partial charge in [-0.25, -0.2) is 26.3 Å². The lowest BCUT2D eigenvalue weighted by Crippen LogP contribution is -2.40. The lowest BCUT2D eigenvalue weighted by Gasteiger charge is -2.28. The standard InChI is InChI=1S/C47H53N9O5S2/c1-29-19-32-21-42(52-40(32)23-47(29)63(60,61)49-24-45(53(3)4)37-27-54(5)43-13-9-7-11-35(37)43)41-20-31-15-16-34(22-39(31)51-41)62(58,59)48-25-46(56-18-17-33(26-56)50-30(2)57)38-28-55(6)44-14-10-8-12-36(38)44/h7-16,19-23,27-28,33,45-46,48-49,51-52H,17-18,24-26H2,1-6H3,(H,50,57)/t33-,45?,46?/m1/s1. The maximum absolute atomic E-state index is 14.0. The zero-order valence-electron chi connectivity index (χ0n) is 36.2. The largest absolute Gasteiger partial charge is 0.353 e. The number of hydrogen-bond donors (Lipinski definition) is 5. The van der Waals surface area contributed by atoms with Crippen molar-refractivity contribution in [1.82, 2.24) is 43.7 Å². The maximum Gasteiger partial charge on any atom is 0.240 e. The molecule has 16 heteroatoms. The summed E-state index contributed by atoms with van der Waals surface area (Å²) in [5, 5.41) is 6.83. The van der Waals surface area contributed by atoms with E-state index in [1.807, 2.05) is 75.6 Å². The number of nitrogens with one attached hydrogen (secondary N) is 5. The fourth-order valence-corrected chi connectivity index (χ4v) is 11.8. The van der Waals surface area contributed by atoms with E-state index in [0.717, 1.165) is 61.5 Å². The van der Waals surface area contributed by atoms with Gasteiger partial charge in [-0.1, -0.05) is 42.5 Å². The normalized spacial score (nSPS) is 16.3. The second-order valence-corrected chi connectivity index (χ2v) is 20.6. The summed E-state index contributed by atoms with van der Waals surface area (Å²) in [6.07, 6.45) is 4.91. The van der Waals surface area contributed by atoms with Gasteiger partial charge in [0.15, 0.2) is 0 Å². The maximum atomic E-state index is 14.0. The van der Waals surface area contributed by atoms with E-state index in [4.69, 9.17) is 0 Å². The fraction of sp³-hybridized carbons (Fsp3) is 0.298. The van der Waals surface area contributed by atoms with Crippen molar-refractivity contribution >= 4 is 69.6 Å². The minimum atomic E-state index is -3.95. The van der Waals surface area contributed by atoms with Gasteiger partial charge in [0.25, 0.3) is 0 Å². The minimum Gasteiger partial charge on any atom is -0.353 e. The highest BCUT2D eigenvalue weighted by molar-refractivity contribution is 7.89. The quantitative estimate of drug-likeness (QED) is 0.0840. The number of carbonyl (C=O) groups is 1. The average molecular weight is 888 g/mol. The number of H-pyrrole nitrogens is 2. The van der Waals surface area contributed by atoms with Gasteiger partial charge in [0.2, 0.25) is 26.0 Å². The molecule has 1 saturated heterocycles. The molecule has 0 radical (unpaired) electrons. The molecule has 5 N–H and O–H groups in total. The Hall–Kier alpha value is -5.75. The Morgan fingerprint density at radius 1 is 0.762 bits per heavy atom. The lowest BCUT2D eigenvalue weighted by atomic mass is 10.0. The van der Waals surface area contributed by atoms with E-state index in [9.17, 15) is 21.6 Å². The van der Waals surface area contributed by atoms with Crippen molar-refractivity contribution in [3.63, 3.8) is 0 Å². The van der Waals surface area contributed by atoms with Crippen LogP contribution < -0.4 is 14.8 Å². The molecule has 14 nitrogen and oxygen atoms in total. The van der Waals surface area contributed by atoms with Crippen LogP contribution in [0.4, 0.5) is 0 Å². The fourth-order valence-electron chi connectivity index (χ4n) is 9.43. The number of rotatable bonds is 14. The first-order chi connectivity index (χ1) is 30.1. The van der Waals surface area contributed by atoms with Crippen LogP contribution in [-0.4, -0.2) is 98.0 Å². The van der Waals surface area contributed by atoms with Crippen LogP contribution in [0.25, 0.3) is 55.0 Å². The summed E-state index contributed by atoms with van der Waals surface area (Å²) in [5.41, 5.74) is 7.57. The van der Waals surface area contributed by atoms with Crippen LogP contribution in [0, 0.1) is 6.92 Å². The highest BCUT2D eigenvalue weighted by atomic mass is 32.2. The molecule has 3 atom stereocenters. The third-order valence-corrected chi connectivity index (χ3v) is 15.6. The number of benzene rings is 4. The van der Waals surface area contributed by atoms with Crippen molar-refractivity contribution in [2.45, 2.75) is 48.2 Å². The van der Waals surface area contributed by atoms with Gasteiger partial charge in [-0.2, -0.15) is 0 Å².